The van der Waals surface area contributed by atoms with Gasteiger partial charge in [-0.15, -0.1) is 0 Å². The number of rotatable bonds is 2. The Morgan fingerprint density at radius 1 is 1.12 bits per heavy atom. The van der Waals surface area contributed by atoms with Crippen LogP contribution in [-0.4, -0.2) is 12.2 Å². The van der Waals surface area contributed by atoms with Gasteiger partial charge >= 0.3 is 0 Å². The van der Waals surface area contributed by atoms with Crippen molar-refractivity contribution in [3.8, 4) is 0 Å². The van der Waals surface area contributed by atoms with Crippen LogP contribution in [0.2, 0.25) is 0 Å². The van der Waals surface area contributed by atoms with Crippen molar-refractivity contribution in [2.45, 2.75) is 39.2 Å². The third-order valence-corrected chi connectivity index (χ3v) is 3.47. The van der Waals surface area contributed by atoms with Crippen molar-refractivity contribution in [1.82, 2.24) is 0 Å². The molecule has 0 aliphatic carbocycles. The third kappa shape index (κ3) is 3.44. The molecule has 1 nitrogen and oxygen atoms in total. The molecule has 1 unspecified atom stereocenters. The van der Waals surface area contributed by atoms with Gasteiger partial charge in [0.25, 0.3) is 0 Å². The van der Waals surface area contributed by atoms with Crippen molar-refractivity contribution >= 4 is 6.08 Å². The highest BCUT2D eigenvalue weighted by molar-refractivity contribution is 5.50. The van der Waals surface area contributed by atoms with Crippen LogP contribution < -0.4 is 0 Å². The van der Waals surface area contributed by atoms with E-state index in [1.165, 1.54) is 5.56 Å². The second kappa shape index (κ2) is 4.66. The molecule has 0 radical (unpaired) electrons. The summed E-state index contributed by atoms with van der Waals surface area (Å²) in [6, 6.07) is 10.4. The zero-order chi connectivity index (χ0) is 12.4. The molecular weight excluding hydrogens is 208 g/mol. The van der Waals surface area contributed by atoms with E-state index in [-0.39, 0.29) is 5.60 Å². The molecule has 92 valence electrons. The summed E-state index contributed by atoms with van der Waals surface area (Å²) in [7, 11) is 0. The monoisotopic (exact) mass is 230 g/mol. The summed E-state index contributed by atoms with van der Waals surface area (Å²) < 4.78 is 5.94. The number of ether oxygens (including phenoxy) is 1. The Kier molecular flexibility index (Phi) is 3.39. The average molecular weight is 230 g/mol. The van der Waals surface area contributed by atoms with E-state index in [1.807, 2.05) is 6.07 Å². The molecule has 0 N–H and O–H groups in total. The molecule has 0 amide bonds. The minimum absolute atomic E-state index is 0.114. The van der Waals surface area contributed by atoms with Crippen molar-refractivity contribution in [3.05, 3.63) is 42.0 Å². The smallest absolute Gasteiger partial charge is 0.0842 e. The molecule has 0 spiro atoms. The summed E-state index contributed by atoms with van der Waals surface area (Å²) in [6.45, 7) is 7.70. The van der Waals surface area contributed by atoms with E-state index >= 15 is 0 Å². The molecule has 1 atom stereocenters. The predicted octanol–water partition coefficient (Wildman–Crippen LogP) is 4.30. The van der Waals surface area contributed by atoms with Crippen LogP contribution in [0.3, 0.4) is 0 Å². The minimum atomic E-state index is -0.114. The number of benzene rings is 1. The Bertz CT molecular complexity index is 391. The van der Waals surface area contributed by atoms with Crippen LogP contribution in [0.4, 0.5) is 0 Å². The van der Waals surface area contributed by atoms with Gasteiger partial charge in [-0.05, 0) is 30.7 Å². The van der Waals surface area contributed by atoms with Crippen molar-refractivity contribution in [2.24, 2.45) is 5.41 Å². The van der Waals surface area contributed by atoms with Crippen molar-refractivity contribution < 1.29 is 4.74 Å². The van der Waals surface area contributed by atoms with Crippen LogP contribution in [0.15, 0.2) is 36.4 Å². The van der Waals surface area contributed by atoms with Gasteiger partial charge in [0.05, 0.1) is 5.60 Å². The van der Waals surface area contributed by atoms with Gasteiger partial charge in [-0.25, -0.2) is 0 Å². The SMILES string of the molecule is CC1(C)CCOC(C)(/C=C/c2ccccc2)C1. The second-order valence-corrected chi connectivity index (χ2v) is 6.00. The van der Waals surface area contributed by atoms with Crippen LogP contribution in [0.25, 0.3) is 6.08 Å². The fourth-order valence-electron chi connectivity index (χ4n) is 2.59. The lowest BCUT2D eigenvalue weighted by Gasteiger charge is -2.41. The van der Waals surface area contributed by atoms with E-state index in [0.29, 0.717) is 5.41 Å². The Morgan fingerprint density at radius 3 is 2.47 bits per heavy atom. The van der Waals surface area contributed by atoms with E-state index in [9.17, 15) is 0 Å². The topological polar surface area (TPSA) is 9.23 Å². The predicted molar refractivity (Wildman–Crippen MR) is 72.8 cm³/mol. The van der Waals surface area contributed by atoms with E-state index in [4.69, 9.17) is 4.74 Å². The van der Waals surface area contributed by atoms with Gasteiger partial charge in [-0.3, -0.25) is 0 Å². The summed E-state index contributed by atoms with van der Waals surface area (Å²) in [5.74, 6) is 0. The maximum Gasteiger partial charge on any atom is 0.0842 e. The first-order valence-electron chi connectivity index (χ1n) is 6.37. The Labute approximate surface area is 104 Å². The van der Waals surface area contributed by atoms with Gasteiger partial charge in [0.2, 0.25) is 0 Å². The lowest BCUT2D eigenvalue weighted by Crippen LogP contribution is -2.39. The lowest BCUT2D eigenvalue weighted by atomic mass is 9.76. The molecule has 1 aromatic rings. The summed E-state index contributed by atoms with van der Waals surface area (Å²) >= 11 is 0. The van der Waals surface area contributed by atoms with Crippen LogP contribution >= 0.6 is 0 Å². The van der Waals surface area contributed by atoms with Gasteiger partial charge in [0.15, 0.2) is 0 Å². The zero-order valence-electron chi connectivity index (χ0n) is 11.1. The first-order chi connectivity index (χ1) is 7.99. The fraction of sp³-hybridized carbons (Fsp3) is 0.500. The van der Waals surface area contributed by atoms with Crippen molar-refractivity contribution in [2.75, 3.05) is 6.61 Å². The van der Waals surface area contributed by atoms with Crippen LogP contribution in [0.1, 0.15) is 39.2 Å². The van der Waals surface area contributed by atoms with Gasteiger partial charge in [0, 0.05) is 6.61 Å². The molecule has 1 aliphatic heterocycles. The highest BCUT2D eigenvalue weighted by atomic mass is 16.5. The maximum atomic E-state index is 5.94. The minimum Gasteiger partial charge on any atom is -0.371 e. The summed E-state index contributed by atoms with van der Waals surface area (Å²) in [5, 5.41) is 0. The van der Waals surface area contributed by atoms with Crippen LogP contribution in [0, 0.1) is 5.41 Å². The normalized spacial score (nSPS) is 28.4. The molecule has 17 heavy (non-hydrogen) atoms. The highest BCUT2D eigenvalue weighted by Crippen LogP contribution is 2.39. The molecular formula is C16H22O. The third-order valence-electron chi connectivity index (χ3n) is 3.47. The summed E-state index contributed by atoms with van der Waals surface area (Å²) in [4.78, 5) is 0. The number of hydrogen-bond acceptors (Lipinski definition) is 1. The van der Waals surface area contributed by atoms with E-state index in [2.05, 4.69) is 57.2 Å². The Balaban J connectivity index is 2.09. The van der Waals surface area contributed by atoms with Gasteiger partial charge < -0.3 is 4.74 Å². The van der Waals surface area contributed by atoms with E-state index in [1.54, 1.807) is 0 Å². The maximum absolute atomic E-state index is 5.94. The van der Waals surface area contributed by atoms with Crippen molar-refractivity contribution in [3.63, 3.8) is 0 Å². The molecule has 0 saturated carbocycles. The molecule has 1 aromatic carbocycles. The molecule has 1 aliphatic rings. The molecule has 1 heteroatoms. The quantitative estimate of drug-likeness (QED) is 0.736. The van der Waals surface area contributed by atoms with Gasteiger partial charge in [0.1, 0.15) is 0 Å². The summed E-state index contributed by atoms with van der Waals surface area (Å²) in [6.07, 6.45) is 6.62. The average Bonchev–Trinajstić information content (AvgIpc) is 2.26. The first kappa shape index (κ1) is 12.4. The Hall–Kier alpha value is -1.08. The Morgan fingerprint density at radius 2 is 1.82 bits per heavy atom. The largest absolute Gasteiger partial charge is 0.371 e. The van der Waals surface area contributed by atoms with E-state index in [0.717, 1.165) is 19.4 Å². The second-order valence-electron chi connectivity index (χ2n) is 6.00. The molecule has 2 rings (SSSR count). The zero-order valence-corrected chi connectivity index (χ0v) is 11.1. The van der Waals surface area contributed by atoms with Crippen molar-refractivity contribution in [1.29, 1.82) is 0 Å². The highest BCUT2D eigenvalue weighted by Gasteiger charge is 2.35. The van der Waals surface area contributed by atoms with Gasteiger partial charge in [-0.2, -0.15) is 0 Å². The van der Waals surface area contributed by atoms with Gasteiger partial charge in [-0.1, -0.05) is 56.3 Å². The fourth-order valence-corrected chi connectivity index (χ4v) is 2.59. The molecule has 0 aromatic heterocycles. The molecule has 1 saturated heterocycles. The number of hydrogen-bond donors (Lipinski definition) is 0. The van der Waals surface area contributed by atoms with Crippen LogP contribution in [-0.2, 0) is 4.74 Å². The first-order valence-corrected chi connectivity index (χ1v) is 6.37. The standard InChI is InChI=1S/C16H22O/c1-15(2)11-12-17-16(3,13-15)10-9-14-7-5-4-6-8-14/h4-10H,11-13H2,1-3H3/b10-9+. The lowest BCUT2D eigenvalue weighted by molar-refractivity contribution is -0.0753. The molecule has 0 bridgehead atoms. The summed E-state index contributed by atoms with van der Waals surface area (Å²) in [5.41, 5.74) is 1.51. The van der Waals surface area contributed by atoms with E-state index < -0.39 is 0 Å². The molecule has 1 heterocycles. The van der Waals surface area contributed by atoms with Crippen LogP contribution in [0.5, 0.6) is 0 Å². The molecule has 1 fully saturated rings.